The Bertz CT molecular complexity index is 700. The Kier molecular flexibility index (Phi) is 4.69. The van der Waals surface area contributed by atoms with Crippen molar-refractivity contribution in [3.63, 3.8) is 0 Å². The van der Waals surface area contributed by atoms with E-state index in [0.29, 0.717) is 11.5 Å². The van der Waals surface area contributed by atoms with E-state index in [4.69, 9.17) is 5.26 Å². The lowest BCUT2D eigenvalue weighted by Gasteiger charge is -2.34. The molecule has 1 aromatic carbocycles. The number of nitrogens with zero attached hydrogens (tertiary/aromatic N) is 5. The monoisotopic (exact) mass is 308 g/mol. The molecular formula is C17H20N6. The number of nitriles is 1. The minimum Gasteiger partial charge on any atom is -0.354 e. The second kappa shape index (κ2) is 7.07. The van der Waals surface area contributed by atoms with Crippen LogP contribution in [0.1, 0.15) is 12.5 Å². The number of benzene rings is 1. The van der Waals surface area contributed by atoms with E-state index in [9.17, 15) is 0 Å². The summed E-state index contributed by atoms with van der Waals surface area (Å²) < 4.78 is 0. The van der Waals surface area contributed by atoms with Gasteiger partial charge in [-0.15, -0.1) is 0 Å². The fourth-order valence-electron chi connectivity index (χ4n) is 2.69. The molecule has 1 aromatic heterocycles. The van der Waals surface area contributed by atoms with Crippen molar-refractivity contribution in [3.8, 4) is 6.07 Å². The molecule has 2 heterocycles. The van der Waals surface area contributed by atoms with Crippen LogP contribution in [0.5, 0.6) is 0 Å². The van der Waals surface area contributed by atoms with Crippen LogP contribution in [0.2, 0.25) is 0 Å². The third kappa shape index (κ3) is 3.58. The van der Waals surface area contributed by atoms with Gasteiger partial charge in [0, 0.05) is 32.4 Å². The first-order chi connectivity index (χ1) is 11.3. The highest BCUT2D eigenvalue weighted by Gasteiger charge is 2.17. The average molecular weight is 308 g/mol. The Labute approximate surface area is 136 Å². The first-order valence-electron chi connectivity index (χ1n) is 7.86. The quantitative estimate of drug-likeness (QED) is 0.934. The van der Waals surface area contributed by atoms with Crippen LogP contribution in [0.4, 0.5) is 17.5 Å². The fourth-order valence-corrected chi connectivity index (χ4v) is 2.69. The lowest BCUT2D eigenvalue weighted by molar-refractivity contribution is 0.270. The summed E-state index contributed by atoms with van der Waals surface area (Å²) in [5.74, 6) is 1.44. The van der Waals surface area contributed by atoms with Gasteiger partial charge in [0.25, 0.3) is 0 Å². The molecule has 1 saturated heterocycles. The lowest BCUT2D eigenvalue weighted by Crippen LogP contribution is -2.46. The summed E-state index contributed by atoms with van der Waals surface area (Å²) in [5, 5.41) is 12.3. The second-order valence-corrected chi connectivity index (χ2v) is 5.44. The molecule has 1 aliphatic heterocycles. The Morgan fingerprint density at radius 3 is 2.70 bits per heavy atom. The molecule has 0 bridgehead atoms. The SMILES string of the molecule is CCN1CCN(c2ccnc(Nc3ccccc3C#N)n2)CC1. The average Bonchev–Trinajstić information content (AvgIpc) is 2.62. The maximum absolute atomic E-state index is 9.16. The molecule has 6 nitrogen and oxygen atoms in total. The summed E-state index contributed by atoms with van der Waals surface area (Å²) in [6.07, 6.45) is 1.76. The van der Waals surface area contributed by atoms with Crippen molar-refractivity contribution in [2.45, 2.75) is 6.92 Å². The third-order valence-electron chi connectivity index (χ3n) is 4.08. The molecule has 1 N–H and O–H groups in total. The van der Waals surface area contributed by atoms with Crippen LogP contribution in [-0.2, 0) is 0 Å². The van der Waals surface area contributed by atoms with Crippen molar-refractivity contribution in [1.29, 1.82) is 5.26 Å². The predicted octanol–water partition coefficient (Wildman–Crippen LogP) is 2.23. The largest absolute Gasteiger partial charge is 0.354 e. The predicted molar refractivity (Wildman–Crippen MR) is 90.8 cm³/mol. The van der Waals surface area contributed by atoms with Gasteiger partial charge in [0.2, 0.25) is 5.95 Å². The summed E-state index contributed by atoms with van der Waals surface area (Å²) in [6.45, 7) is 7.34. The number of nitrogens with one attached hydrogen (secondary N) is 1. The molecule has 0 unspecified atom stereocenters. The number of aromatic nitrogens is 2. The van der Waals surface area contributed by atoms with E-state index in [-0.39, 0.29) is 0 Å². The molecule has 0 atom stereocenters. The molecule has 2 aromatic rings. The molecule has 1 aliphatic rings. The Morgan fingerprint density at radius 1 is 1.17 bits per heavy atom. The molecule has 3 rings (SSSR count). The number of rotatable bonds is 4. The number of anilines is 3. The number of para-hydroxylation sites is 1. The van der Waals surface area contributed by atoms with Crippen LogP contribution in [0.3, 0.4) is 0 Å². The number of piperazine rings is 1. The van der Waals surface area contributed by atoms with E-state index in [1.54, 1.807) is 12.3 Å². The molecule has 1 fully saturated rings. The van der Waals surface area contributed by atoms with Gasteiger partial charge in [-0.3, -0.25) is 0 Å². The van der Waals surface area contributed by atoms with Gasteiger partial charge in [0.05, 0.1) is 11.3 Å². The van der Waals surface area contributed by atoms with Crippen LogP contribution in [-0.4, -0.2) is 47.6 Å². The van der Waals surface area contributed by atoms with Crippen molar-refractivity contribution >= 4 is 17.5 Å². The van der Waals surface area contributed by atoms with Gasteiger partial charge < -0.3 is 15.1 Å². The summed E-state index contributed by atoms with van der Waals surface area (Å²) in [4.78, 5) is 13.6. The van der Waals surface area contributed by atoms with Crippen LogP contribution in [0.25, 0.3) is 0 Å². The van der Waals surface area contributed by atoms with Crippen LogP contribution < -0.4 is 10.2 Å². The fraction of sp³-hybridized carbons (Fsp3) is 0.353. The van der Waals surface area contributed by atoms with Crippen LogP contribution >= 0.6 is 0 Å². The lowest BCUT2D eigenvalue weighted by atomic mass is 10.2. The van der Waals surface area contributed by atoms with Gasteiger partial charge >= 0.3 is 0 Å². The molecule has 0 amide bonds. The van der Waals surface area contributed by atoms with Gasteiger partial charge in [-0.05, 0) is 24.7 Å². The van der Waals surface area contributed by atoms with E-state index in [0.717, 1.165) is 44.2 Å². The van der Waals surface area contributed by atoms with E-state index >= 15 is 0 Å². The summed E-state index contributed by atoms with van der Waals surface area (Å²) >= 11 is 0. The molecule has 0 saturated carbocycles. The summed E-state index contributed by atoms with van der Waals surface area (Å²) in [5.41, 5.74) is 1.31. The van der Waals surface area contributed by atoms with Gasteiger partial charge in [0.1, 0.15) is 11.9 Å². The van der Waals surface area contributed by atoms with E-state index < -0.39 is 0 Å². The van der Waals surface area contributed by atoms with Gasteiger partial charge in [-0.1, -0.05) is 19.1 Å². The number of likely N-dealkylation sites (N-methyl/N-ethyl adjacent to an activating group) is 1. The zero-order chi connectivity index (χ0) is 16.1. The highest BCUT2D eigenvalue weighted by atomic mass is 15.3. The third-order valence-corrected chi connectivity index (χ3v) is 4.08. The Morgan fingerprint density at radius 2 is 1.96 bits per heavy atom. The van der Waals surface area contributed by atoms with Gasteiger partial charge in [0.15, 0.2) is 0 Å². The van der Waals surface area contributed by atoms with Crippen molar-refractivity contribution in [1.82, 2.24) is 14.9 Å². The van der Waals surface area contributed by atoms with Crippen molar-refractivity contribution in [3.05, 3.63) is 42.1 Å². The first kappa shape index (κ1) is 15.3. The smallest absolute Gasteiger partial charge is 0.229 e. The molecule has 0 spiro atoms. The highest BCUT2D eigenvalue weighted by molar-refractivity contribution is 5.63. The maximum Gasteiger partial charge on any atom is 0.229 e. The first-order valence-corrected chi connectivity index (χ1v) is 7.86. The van der Waals surface area contributed by atoms with Crippen LogP contribution in [0.15, 0.2) is 36.5 Å². The topological polar surface area (TPSA) is 68.1 Å². The standard InChI is InChI=1S/C17H20N6/c1-2-22-9-11-23(12-10-22)16-7-8-19-17(21-16)20-15-6-4-3-5-14(15)13-18/h3-8H,2,9-12H2,1H3,(H,19,20,21). The number of hydrogen-bond acceptors (Lipinski definition) is 6. The summed E-state index contributed by atoms with van der Waals surface area (Å²) in [6, 6.07) is 11.5. The molecule has 118 valence electrons. The maximum atomic E-state index is 9.16. The normalized spacial score (nSPS) is 15.2. The summed E-state index contributed by atoms with van der Waals surface area (Å²) in [7, 11) is 0. The minimum absolute atomic E-state index is 0.517. The molecule has 0 aliphatic carbocycles. The molecule has 23 heavy (non-hydrogen) atoms. The molecule has 6 heteroatoms. The van der Waals surface area contributed by atoms with Crippen molar-refractivity contribution in [2.24, 2.45) is 0 Å². The molecule has 0 radical (unpaired) electrons. The zero-order valence-electron chi connectivity index (χ0n) is 13.2. The van der Waals surface area contributed by atoms with Gasteiger partial charge in [-0.25, -0.2) is 4.98 Å². The Balaban J connectivity index is 1.74. The Hall–Kier alpha value is -2.65. The molecular weight excluding hydrogens is 288 g/mol. The minimum atomic E-state index is 0.517. The van der Waals surface area contributed by atoms with E-state index in [1.807, 2.05) is 24.3 Å². The second-order valence-electron chi connectivity index (χ2n) is 5.44. The van der Waals surface area contributed by atoms with Crippen molar-refractivity contribution < 1.29 is 0 Å². The zero-order valence-corrected chi connectivity index (χ0v) is 13.2. The highest BCUT2D eigenvalue weighted by Crippen LogP contribution is 2.20. The van der Waals surface area contributed by atoms with E-state index in [1.165, 1.54) is 0 Å². The van der Waals surface area contributed by atoms with Crippen LogP contribution in [0, 0.1) is 11.3 Å². The van der Waals surface area contributed by atoms with Crippen molar-refractivity contribution in [2.75, 3.05) is 42.9 Å². The van der Waals surface area contributed by atoms with Gasteiger partial charge in [-0.2, -0.15) is 10.2 Å². The van der Waals surface area contributed by atoms with E-state index in [2.05, 4.69) is 38.1 Å². The number of hydrogen-bond donors (Lipinski definition) is 1.